The highest BCUT2D eigenvalue weighted by Crippen LogP contribution is 2.36. The lowest BCUT2D eigenvalue weighted by atomic mass is 9.74. The number of aliphatic carboxylic acids is 1. The summed E-state index contributed by atoms with van der Waals surface area (Å²) in [4.78, 5) is 25.8. The molecule has 4 nitrogen and oxygen atoms in total. The van der Waals surface area contributed by atoms with Gasteiger partial charge in [0.05, 0.1) is 5.41 Å². The van der Waals surface area contributed by atoms with Crippen LogP contribution in [0.2, 0.25) is 0 Å². The molecule has 1 fully saturated rings. The van der Waals surface area contributed by atoms with E-state index in [9.17, 15) is 14.7 Å². The molecule has 1 aliphatic heterocycles. The molecule has 0 spiro atoms. The molecule has 1 saturated heterocycles. The molecular formula is C17H31NO3. The van der Waals surface area contributed by atoms with Crippen LogP contribution in [0.15, 0.2) is 0 Å². The van der Waals surface area contributed by atoms with Gasteiger partial charge in [0.25, 0.3) is 0 Å². The first-order valence-corrected chi connectivity index (χ1v) is 7.99. The largest absolute Gasteiger partial charge is 0.481 e. The van der Waals surface area contributed by atoms with Crippen LogP contribution < -0.4 is 0 Å². The predicted molar refractivity (Wildman–Crippen MR) is 84.0 cm³/mol. The second kappa shape index (κ2) is 6.37. The lowest BCUT2D eigenvalue weighted by molar-refractivity contribution is -0.156. The molecule has 1 rings (SSSR count). The van der Waals surface area contributed by atoms with Crippen molar-refractivity contribution >= 4 is 11.9 Å². The van der Waals surface area contributed by atoms with E-state index in [0.717, 1.165) is 25.9 Å². The Labute approximate surface area is 128 Å². The number of amides is 1. The van der Waals surface area contributed by atoms with Crippen LogP contribution in [0, 0.1) is 22.7 Å². The second-order valence-electron chi connectivity index (χ2n) is 8.08. The predicted octanol–water partition coefficient (Wildman–Crippen LogP) is 3.41. The Morgan fingerprint density at radius 1 is 1.14 bits per heavy atom. The molecule has 0 saturated carbocycles. The van der Waals surface area contributed by atoms with Gasteiger partial charge in [-0.25, -0.2) is 0 Å². The highest BCUT2D eigenvalue weighted by Gasteiger charge is 2.40. The van der Waals surface area contributed by atoms with Gasteiger partial charge in [0.15, 0.2) is 0 Å². The smallest absolute Gasteiger partial charge is 0.310 e. The first kappa shape index (κ1) is 18.0. The third kappa shape index (κ3) is 4.21. The first-order valence-electron chi connectivity index (χ1n) is 7.99. The summed E-state index contributed by atoms with van der Waals surface area (Å²) in [5, 5.41) is 9.43. The molecule has 1 heterocycles. The average Bonchev–Trinajstić information content (AvgIpc) is 2.37. The van der Waals surface area contributed by atoms with Crippen molar-refractivity contribution in [2.45, 2.75) is 60.8 Å². The van der Waals surface area contributed by atoms with Crippen molar-refractivity contribution in [2.75, 3.05) is 13.1 Å². The Hall–Kier alpha value is -1.06. The van der Waals surface area contributed by atoms with Gasteiger partial charge in [0, 0.05) is 19.5 Å². The average molecular weight is 297 g/mol. The maximum Gasteiger partial charge on any atom is 0.310 e. The van der Waals surface area contributed by atoms with Crippen LogP contribution in [0.3, 0.4) is 0 Å². The number of rotatable bonds is 4. The lowest BCUT2D eigenvalue weighted by Crippen LogP contribution is -2.45. The second-order valence-corrected chi connectivity index (χ2v) is 8.08. The van der Waals surface area contributed by atoms with E-state index in [-0.39, 0.29) is 23.7 Å². The number of likely N-dealkylation sites (tertiary alicyclic amines) is 1. The van der Waals surface area contributed by atoms with E-state index >= 15 is 0 Å². The molecule has 1 unspecified atom stereocenters. The summed E-state index contributed by atoms with van der Waals surface area (Å²) >= 11 is 0. The maximum absolute atomic E-state index is 12.4. The van der Waals surface area contributed by atoms with Crippen LogP contribution in [0.25, 0.3) is 0 Å². The third-order valence-corrected chi connectivity index (χ3v) is 5.35. The fraction of sp³-hybridized carbons (Fsp3) is 0.882. The summed E-state index contributed by atoms with van der Waals surface area (Å²) < 4.78 is 0. The van der Waals surface area contributed by atoms with Gasteiger partial charge in [-0.1, -0.05) is 34.6 Å². The molecule has 0 aliphatic carbocycles. The van der Waals surface area contributed by atoms with Gasteiger partial charge < -0.3 is 10.0 Å². The van der Waals surface area contributed by atoms with Crippen molar-refractivity contribution in [3.63, 3.8) is 0 Å². The molecule has 122 valence electrons. The fourth-order valence-electron chi connectivity index (χ4n) is 2.95. The van der Waals surface area contributed by atoms with Gasteiger partial charge in [-0.2, -0.15) is 0 Å². The van der Waals surface area contributed by atoms with Crippen molar-refractivity contribution in [1.82, 2.24) is 4.90 Å². The first-order chi connectivity index (χ1) is 9.48. The molecule has 1 atom stereocenters. The quantitative estimate of drug-likeness (QED) is 0.865. The Bertz CT molecular complexity index is 389. The van der Waals surface area contributed by atoms with E-state index in [4.69, 9.17) is 0 Å². The van der Waals surface area contributed by atoms with Crippen LogP contribution in [0.5, 0.6) is 0 Å². The summed E-state index contributed by atoms with van der Waals surface area (Å²) in [6.07, 6.45) is 2.13. The summed E-state index contributed by atoms with van der Waals surface area (Å²) in [7, 11) is 0. The van der Waals surface area contributed by atoms with Gasteiger partial charge in [-0.15, -0.1) is 0 Å². The number of hydrogen-bond donors (Lipinski definition) is 1. The van der Waals surface area contributed by atoms with Gasteiger partial charge in [0.2, 0.25) is 5.91 Å². The molecule has 0 bridgehead atoms. The number of carbonyl (C=O) groups excluding carboxylic acids is 1. The Morgan fingerprint density at radius 2 is 1.62 bits per heavy atom. The van der Waals surface area contributed by atoms with E-state index in [1.165, 1.54) is 0 Å². The van der Waals surface area contributed by atoms with Crippen molar-refractivity contribution in [3.8, 4) is 0 Å². The van der Waals surface area contributed by atoms with E-state index in [1.54, 1.807) is 6.92 Å². The fourth-order valence-corrected chi connectivity index (χ4v) is 2.95. The van der Waals surface area contributed by atoms with Crippen LogP contribution >= 0.6 is 0 Å². The van der Waals surface area contributed by atoms with Crippen molar-refractivity contribution in [3.05, 3.63) is 0 Å². The standard InChI is InChI=1S/C17H31NO3/c1-12(2)17(6,15(20)21)11-14(19)18-9-7-13(8-10-18)16(3,4)5/h12-13H,7-11H2,1-6H3,(H,20,21). The molecule has 0 aromatic heterocycles. The monoisotopic (exact) mass is 297 g/mol. The van der Waals surface area contributed by atoms with Gasteiger partial charge in [-0.05, 0) is 37.0 Å². The molecule has 1 N–H and O–H groups in total. The van der Waals surface area contributed by atoms with Crippen molar-refractivity contribution in [1.29, 1.82) is 0 Å². The van der Waals surface area contributed by atoms with Crippen molar-refractivity contribution < 1.29 is 14.7 Å². The Morgan fingerprint density at radius 3 is 1.95 bits per heavy atom. The SMILES string of the molecule is CC(C)C(C)(CC(=O)N1CCC(C(C)(C)C)CC1)C(=O)O. The Kier molecular flexibility index (Phi) is 5.46. The normalized spacial score (nSPS) is 20.4. The molecule has 0 aromatic rings. The molecule has 4 heteroatoms. The summed E-state index contributed by atoms with van der Waals surface area (Å²) in [5.74, 6) is -0.319. The van der Waals surface area contributed by atoms with Crippen LogP contribution in [0.4, 0.5) is 0 Å². The van der Waals surface area contributed by atoms with Crippen LogP contribution in [-0.4, -0.2) is 35.0 Å². The van der Waals surface area contributed by atoms with Crippen molar-refractivity contribution in [2.24, 2.45) is 22.7 Å². The summed E-state index contributed by atoms with van der Waals surface area (Å²) in [5.41, 5.74) is -0.694. The maximum atomic E-state index is 12.4. The number of nitrogens with zero attached hydrogens (tertiary/aromatic N) is 1. The number of carboxylic acids is 1. The number of carboxylic acid groups (broad SMARTS) is 1. The highest BCUT2D eigenvalue weighted by molar-refractivity contribution is 5.85. The van der Waals surface area contributed by atoms with Crippen LogP contribution in [-0.2, 0) is 9.59 Å². The minimum absolute atomic E-state index is 0.0130. The minimum Gasteiger partial charge on any atom is -0.481 e. The van der Waals surface area contributed by atoms with E-state index in [1.807, 2.05) is 18.7 Å². The van der Waals surface area contributed by atoms with E-state index in [2.05, 4.69) is 20.8 Å². The molecule has 1 aliphatic rings. The third-order valence-electron chi connectivity index (χ3n) is 5.35. The number of hydrogen-bond acceptors (Lipinski definition) is 2. The summed E-state index contributed by atoms with van der Waals surface area (Å²) in [6, 6.07) is 0. The topological polar surface area (TPSA) is 57.6 Å². The molecule has 0 radical (unpaired) electrons. The van der Waals surface area contributed by atoms with E-state index in [0.29, 0.717) is 5.92 Å². The molecule has 1 amide bonds. The van der Waals surface area contributed by atoms with E-state index < -0.39 is 11.4 Å². The minimum atomic E-state index is -0.974. The molecular weight excluding hydrogens is 266 g/mol. The van der Waals surface area contributed by atoms with Gasteiger partial charge in [-0.3, -0.25) is 9.59 Å². The highest BCUT2D eigenvalue weighted by atomic mass is 16.4. The zero-order valence-electron chi connectivity index (χ0n) is 14.4. The molecule has 0 aromatic carbocycles. The Balaban J connectivity index is 2.64. The van der Waals surface area contributed by atoms with Gasteiger partial charge >= 0.3 is 5.97 Å². The number of carbonyl (C=O) groups is 2. The van der Waals surface area contributed by atoms with Gasteiger partial charge in [0.1, 0.15) is 0 Å². The zero-order valence-corrected chi connectivity index (χ0v) is 14.4. The zero-order chi connectivity index (χ0) is 16.4. The lowest BCUT2D eigenvalue weighted by Gasteiger charge is -2.40. The number of piperidine rings is 1. The van der Waals surface area contributed by atoms with Crippen LogP contribution in [0.1, 0.15) is 60.8 Å². The molecule has 21 heavy (non-hydrogen) atoms. The summed E-state index contributed by atoms with van der Waals surface area (Å²) in [6.45, 7) is 13.7.